The molecule has 0 unspecified atom stereocenters. The maximum atomic E-state index is 9.39. The minimum absolute atomic E-state index is 0.400. The normalized spacial score (nSPS) is 18.2. The molecule has 2 heteroatoms. The maximum absolute atomic E-state index is 9.39. The standard InChI is InChI=1S/C15H22O2/c1-12(16)14-6-8-15(9-7-14)17-11-10-13-4-2-3-5-13/h6-9,12-13,16H,2-5,10-11H2,1H3/t12-/m1/s1. The molecular weight excluding hydrogens is 212 g/mol. The van der Waals surface area contributed by atoms with Crippen molar-refractivity contribution in [2.75, 3.05) is 6.61 Å². The predicted molar refractivity (Wildman–Crippen MR) is 69.1 cm³/mol. The highest BCUT2D eigenvalue weighted by Gasteiger charge is 2.14. The van der Waals surface area contributed by atoms with E-state index in [0.29, 0.717) is 0 Å². The molecule has 1 fully saturated rings. The van der Waals surface area contributed by atoms with Gasteiger partial charge in [-0.3, -0.25) is 0 Å². The summed E-state index contributed by atoms with van der Waals surface area (Å²) in [6, 6.07) is 7.73. The number of aliphatic hydroxyl groups is 1. The predicted octanol–water partition coefficient (Wildman–Crippen LogP) is 3.70. The Kier molecular flexibility index (Phi) is 4.43. The summed E-state index contributed by atoms with van der Waals surface area (Å²) >= 11 is 0. The molecule has 0 saturated heterocycles. The van der Waals surface area contributed by atoms with Gasteiger partial charge < -0.3 is 9.84 Å². The van der Waals surface area contributed by atoms with Crippen LogP contribution in [0.1, 0.15) is 50.7 Å². The molecule has 0 aliphatic heterocycles. The summed E-state index contributed by atoms with van der Waals surface area (Å²) in [5, 5.41) is 9.39. The second-order valence-electron chi connectivity index (χ2n) is 5.03. The lowest BCUT2D eigenvalue weighted by molar-refractivity contribution is 0.199. The van der Waals surface area contributed by atoms with E-state index >= 15 is 0 Å². The van der Waals surface area contributed by atoms with Crippen molar-refractivity contribution >= 4 is 0 Å². The van der Waals surface area contributed by atoms with E-state index in [2.05, 4.69) is 0 Å². The number of benzene rings is 1. The molecule has 1 aromatic rings. The quantitative estimate of drug-likeness (QED) is 0.841. The molecule has 17 heavy (non-hydrogen) atoms. The summed E-state index contributed by atoms with van der Waals surface area (Å²) in [5.41, 5.74) is 0.938. The Morgan fingerprint density at radius 2 is 1.88 bits per heavy atom. The number of ether oxygens (including phenoxy) is 1. The highest BCUT2D eigenvalue weighted by Crippen LogP contribution is 2.27. The van der Waals surface area contributed by atoms with E-state index in [1.54, 1.807) is 6.92 Å². The third-order valence-electron chi connectivity index (χ3n) is 3.63. The summed E-state index contributed by atoms with van der Waals surface area (Å²) in [5.74, 6) is 1.79. The monoisotopic (exact) mass is 234 g/mol. The van der Waals surface area contributed by atoms with Gasteiger partial charge in [-0.1, -0.05) is 37.8 Å². The smallest absolute Gasteiger partial charge is 0.119 e. The van der Waals surface area contributed by atoms with E-state index in [1.807, 2.05) is 24.3 Å². The Bertz CT molecular complexity index is 323. The molecule has 0 radical (unpaired) electrons. The van der Waals surface area contributed by atoms with Crippen LogP contribution in [0.5, 0.6) is 5.75 Å². The van der Waals surface area contributed by atoms with Gasteiger partial charge in [0.2, 0.25) is 0 Å². The van der Waals surface area contributed by atoms with Crippen molar-refractivity contribution in [3.63, 3.8) is 0 Å². The van der Waals surface area contributed by atoms with Crippen molar-refractivity contribution in [1.29, 1.82) is 0 Å². The minimum Gasteiger partial charge on any atom is -0.494 e. The Balaban J connectivity index is 1.74. The average molecular weight is 234 g/mol. The van der Waals surface area contributed by atoms with Gasteiger partial charge in [-0.25, -0.2) is 0 Å². The molecule has 0 bridgehead atoms. The third kappa shape index (κ3) is 3.74. The molecule has 0 spiro atoms. The van der Waals surface area contributed by atoms with Crippen molar-refractivity contribution in [2.24, 2.45) is 5.92 Å². The van der Waals surface area contributed by atoms with Gasteiger partial charge in [0.25, 0.3) is 0 Å². The van der Waals surface area contributed by atoms with Crippen molar-refractivity contribution in [1.82, 2.24) is 0 Å². The van der Waals surface area contributed by atoms with Crippen LogP contribution in [0.25, 0.3) is 0 Å². The van der Waals surface area contributed by atoms with Crippen LogP contribution in [0, 0.1) is 5.92 Å². The van der Waals surface area contributed by atoms with Crippen molar-refractivity contribution in [3.8, 4) is 5.75 Å². The van der Waals surface area contributed by atoms with Gasteiger partial charge in [-0.05, 0) is 37.0 Å². The molecule has 2 rings (SSSR count). The van der Waals surface area contributed by atoms with Crippen molar-refractivity contribution in [2.45, 2.75) is 45.1 Å². The number of hydrogen-bond donors (Lipinski definition) is 1. The van der Waals surface area contributed by atoms with E-state index in [0.717, 1.165) is 23.8 Å². The second kappa shape index (κ2) is 6.06. The third-order valence-corrected chi connectivity index (χ3v) is 3.63. The molecule has 1 N–H and O–H groups in total. The zero-order valence-electron chi connectivity index (χ0n) is 10.6. The fourth-order valence-corrected chi connectivity index (χ4v) is 2.49. The first kappa shape index (κ1) is 12.4. The zero-order valence-corrected chi connectivity index (χ0v) is 10.6. The molecule has 1 aliphatic rings. The number of aliphatic hydroxyl groups excluding tert-OH is 1. The molecular formula is C15H22O2. The molecule has 0 aromatic heterocycles. The SMILES string of the molecule is C[C@@H](O)c1ccc(OCCC2CCCC2)cc1. The van der Waals surface area contributed by atoms with Crippen molar-refractivity contribution < 1.29 is 9.84 Å². The average Bonchev–Trinajstić information content (AvgIpc) is 2.83. The summed E-state index contributed by atoms with van der Waals surface area (Å²) in [7, 11) is 0. The molecule has 1 aromatic carbocycles. The lowest BCUT2D eigenvalue weighted by atomic mass is 10.1. The van der Waals surface area contributed by atoms with Crippen molar-refractivity contribution in [3.05, 3.63) is 29.8 Å². The van der Waals surface area contributed by atoms with E-state index < -0.39 is 6.10 Å². The van der Waals surface area contributed by atoms with Crippen LogP contribution < -0.4 is 4.74 Å². The minimum atomic E-state index is -0.400. The van der Waals surface area contributed by atoms with Crippen LogP contribution in [0.15, 0.2) is 24.3 Å². The Morgan fingerprint density at radius 3 is 2.47 bits per heavy atom. The fourth-order valence-electron chi connectivity index (χ4n) is 2.49. The Labute approximate surface area is 104 Å². The van der Waals surface area contributed by atoms with Gasteiger partial charge in [0.1, 0.15) is 5.75 Å². The topological polar surface area (TPSA) is 29.5 Å². The second-order valence-corrected chi connectivity index (χ2v) is 5.03. The van der Waals surface area contributed by atoms with Gasteiger partial charge in [-0.2, -0.15) is 0 Å². The number of rotatable bonds is 5. The van der Waals surface area contributed by atoms with E-state index in [-0.39, 0.29) is 0 Å². The first-order valence-electron chi connectivity index (χ1n) is 6.66. The molecule has 1 atom stereocenters. The molecule has 1 saturated carbocycles. The molecule has 0 amide bonds. The van der Waals surface area contributed by atoms with Gasteiger partial charge in [0, 0.05) is 0 Å². The maximum Gasteiger partial charge on any atom is 0.119 e. The lowest BCUT2D eigenvalue weighted by Gasteiger charge is -2.11. The van der Waals surface area contributed by atoms with Gasteiger partial charge in [0.05, 0.1) is 12.7 Å². The summed E-state index contributed by atoms with van der Waals surface area (Å²) in [6.07, 6.45) is 6.33. The van der Waals surface area contributed by atoms with E-state index in [1.165, 1.54) is 32.1 Å². The van der Waals surface area contributed by atoms with Gasteiger partial charge >= 0.3 is 0 Å². The van der Waals surface area contributed by atoms with E-state index in [4.69, 9.17) is 4.74 Å². The van der Waals surface area contributed by atoms with Crippen LogP contribution in [0.2, 0.25) is 0 Å². The largest absolute Gasteiger partial charge is 0.494 e. The van der Waals surface area contributed by atoms with Crippen LogP contribution in [0.4, 0.5) is 0 Å². The van der Waals surface area contributed by atoms with Crippen LogP contribution in [0.3, 0.4) is 0 Å². The highest BCUT2D eigenvalue weighted by atomic mass is 16.5. The van der Waals surface area contributed by atoms with E-state index in [9.17, 15) is 5.11 Å². The van der Waals surface area contributed by atoms with Gasteiger partial charge in [0.15, 0.2) is 0 Å². The summed E-state index contributed by atoms with van der Waals surface area (Å²) in [6.45, 7) is 2.59. The molecule has 1 aliphatic carbocycles. The molecule has 0 heterocycles. The van der Waals surface area contributed by atoms with Gasteiger partial charge in [-0.15, -0.1) is 0 Å². The zero-order chi connectivity index (χ0) is 12.1. The highest BCUT2D eigenvalue weighted by molar-refractivity contribution is 5.28. The summed E-state index contributed by atoms with van der Waals surface area (Å²) < 4.78 is 5.72. The Morgan fingerprint density at radius 1 is 1.24 bits per heavy atom. The summed E-state index contributed by atoms with van der Waals surface area (Å²) in [4.78, 5) is 0. The molecule has 94 valence electrons. The van der Waals surface area contributed by atoms with Crippen LogP contribution in [-0.4, -0.2) is 11.7 Å². The number of hydrogen-bond acceptors (Lipinski definition) is 2. The van der Waals surface area contributed by atoms with Crippen LogP contribution >= 0.6 is 0 Å². The Hall–Kier alpha value is -1.02. The lowest BCUT2D eigenvalue weighted by Crippen LogP contribution is -2.03. The molecule has 2 nitrogen and oxygen atoms in total. The fraction of sp³-hybridized carbons (Fsp3) is 0.600. The van der Waals surface area contributed by atoms with Crippen LogP contribution in [-0.2, 0) is 0 Å². The first-order chi connectivity index (χ1) is 8.25. The first-order valence-corrected chi connectivity index (χ1v) is 6.66.